The van der Waals surface area contributed by atoms with Gasteiger partial charge in [-0.05, 0) is 25.7 Å². The topological polar surface area (TPSA) is 84.6 Å². The van der Waals surface area contributed by atoms with Gasteiger partial charge in [0.1, 0.15) is 12.1 Å². The quantitative estimate of drug-likeness (QED) is 0.708. The van der Waals surface area contributed by atoms with Gasteiger partial charge in [-0.2, -0.15) is 13.2 Å². The first-order chi connectivity index (χ1) is 8.32. The molecule has 1 atom stereocenters. The highest BCUT2D eigenvalue weighted by molar-refractivity contribution is 5.64. The van der Waals surface area contributed by atoms with Gasteiger partial charge in [0.05, 0.1) is 6.61 Å². The van der Waals surface area contributed by atoms with Crippen molar-refractivity contribution in [2.24, 2.45) is 5.73 Å². The standard InChI is InChI=1S/C10H17F3N2O3/c11-10(12,13)8(5-16)15-6-1-3-7(4-2-6)18-9(14)17/h6-8,15-16H,1-5H2,(H2,14,17)/t6?,7?,8-/m0/s1. The molecule has 1 saturated carbocycles. The van der Waals surface area contributed by atoms with E-state index in [0.29, 0.717) is 25.7 Å². The summed E-state index contributed by atoms with van der Waals surface area (Å²) < 4.78 is 42.0. The van der Waals surface area contributed by atoms with Gasteiger partial charge in [0.2, 0.25) is 0 Å². The molecule has 0 bridgehead atoms. The first-order valence-corrected chi connectivity index (χ1v) is 5.72. The Bertz CT molecular complexity index is 278. The number of nitrogens with two attached hydrogens (primary N) is 1. The smallest absolute Gasteiger partial charge is 0.406 e. The van der Waals surface area contributed by atoms with E-state index in [9.17, 15) is 18.0 Å². The number of aliphatic hydroxyl groups is 1. The van der Waals surface area contributed by atoms with Gasteiger partial charge in [0.15, 0.2) is 0 Å². The monoisotopic (exact) mass is 270 g/mol. The number of amides is 1. The highest BCUT2D eigenvalue weighted by Gasteiger charge is 2.40. The number of primary amides is 1. The summed E-state index contributed by atoms with van der Waals surface area (Å²) in [6.45, 7) is -0.985. The number of rotatable bonds is 4. The molecular formula is C10H17F3N2O3. The highest BCUT2D eigenvalue weighted by Crippen LogP contribution is 2.25. The van der Waals surface area contributed by atoms with E-state index in [2.05, 4.69) is 5.32 Å². The third-order valence-corrected chi connectivity index (χ3v) is 2.97. The van der Waals surface area contributed by atoms with Gasteiger partial charge in [-0.3, -0.25) is 0 Å². The van der Waals surface area contributed by atoms with E-state index in [1.54, 1.807) is 0 Å². The Morgan fingerprint density at radius 3 is 2.33 bits per heavy atom. The van der Waals surface area contributed by atoms with Gasteiger partial charge < -0.3 is 20.9 Å². The van der Waals surface area contributed by atoms with Crippen LogP contribution in [0.1, 0.15) is 25.7 Å². The van der Waals surface area contributed by atoms with E-state index in [1.165, 1.54) is 0 Å². The number of hydrogen-bond donors (Lipinski definition) is 3. The van der Waals surface area contributed by atoms with Crippen LogP contribution in [0.5, 0.6) is 0 Å². The summed E-state index contributed by atoms with van der Waals surface area (Å²) >= 11 is 0. The molecule has 8 heteroatoms. The Balaban J connectivity index is 2.37. The zero-order valence-corrected chi connectivity index (χ0v) is 9.74. The second-order valence-electron chi connectivity index (χ2n) is 4.35. The Kier molecular flexibility index (Phi) is 5.21. The van der Waals surface area contributed by atoms with Crippen LogP contribution in [0.25, 0.3) is 0 Å². The molecule has 0 aromatic heterocycles. The van der Waals surface area contributed by atoms with Crippen LogP contribution in [-0.4, -0.2) is 42.2 Å². The van der Waals surface area contributed by atoms with Crippen molar-refractivity contribution in [1.82, 2.24) is 5.32 Å². The van der Waals surface area contributed by atoms with E-state index >= 15 is 0 Å². The maximum atomic E-state index is 12.4. The molecule has 18 heavy (non-hydrogen) atoms. The van der Waals surface area contributed by atoms with Crippen molar-refractivity contribution in [3.63, 3.8) is 0 Å². The Morgan fingerprint density at radius 2 is 1.94 bits per heavy atom. The van der Waals surface area contributed by atoms with Crippen LogP contribution in [0.4, 0.5) is 18.0 Å². The molecule has 0 radical (unpaired) electrons. The lowest BCUT2D eigenvalue weighted by Crippen LogP contribution is -2.51. The van der Waals surface area contributed by atoms with Gasteiger partial charge in [-0.1, -0.05) is 0 Å². The molecule has 0 aromatic rings. The second kappa shape index (κ2) is 6.24. The van der Waals surface area contributed by atoms with Crippen LogP contribution in [0.15, 0.2) is 0 Å². The van der Waals surface area contributed by atoms with E-state index < -0.39 is 24.9 Å². The van der Waals surface area contributed by atoms with Crippen LogP contribution in [0.2, 0.25) is 0 Å². The molecule has 1 aliphatic carbocycles. The molecular weight excluding hydrogens is 253 g/mol. The minimum absolute atomic E-state index is 0.320. The number of ether oxygens (including phenoxy) is 1. The summed E-state index contributed by atoms with van der Waals surface area (Å²) in [7, 11) is 0. The molecule has 106 valence electrons. The molecule has 0 heterocycles. The largest absolute Gasteiger partial charge is 0.446 e. The van der Waals surface area contributed by atoms with E-state index in [0.717, 1.165) is 0 Å². The van der Waals surface area contributed by atoms with Gasteiger partial charge in [0, 0.05) is 6.04 Å². The van der Waals surface area contributed by atoms with Crippen molar-refractivity contribution < 1.29 is 27.8 Å². The molecule has 0 unspecified atom stereocenters. The van der Waals surface area contributed by atoms with Crippen molar-refractivity contribution in [2.45, 2.75) is 50.0 Å². The number of hydrogen-bond acceptors (Lipinski definition) is 4. The minimum atomic E-state index is -4.46. The summed E-state index contributed by atoms with van der Waals surface area (Å²) in [6.07, 6.45) is -3.81. The predicted molar refractivity (Wildman–Crippen MR) is 56.8 cm³/mol. The fraction of sp³-hybridized carbons (Fsp3) is 0.900. The van der Waals surface area contributed by atoms with Gasteiger partial charge >= 0.3 is 12.3 Å². The summed E-state index contributed by atoms with van der Waals surface area (Å²) in [4.78, 5) is 10.5. The molecule has 1 fully saturated rings. The molecule has 1 aliphatic rings. The third kappa shape index (κ3) is 4.69. The van der Waals surface area contributed by atoms with Crippen LogP contribution in [0.3, 0.4) is 0 Å². The molecule has 0 aliphatic heterocycles. The summed E-state index contributed by atoms with van der Waals surface area (Å²) in [5.41, 5.74) is 4.86. The average Bonchev–Trinajstić information content (AvgIpc) is 2.25. The maximum absolute atomic E-state index is 12.4. The summed E-state index contributed by atoms with van der Waals surface area (Å²) in [5.74, 6) is 0. The predicted octanol–water partition coefficient (Wildman–Crippen LogP) is 0.906. The maximum Gasteiger partial charge on any atom is 0.406 e. The third-order valence-electron chi connectivity index (χ3n) is 2.97. The summed E-state index contributed by atoms with van der Waals surface area (Å²) in [6, 6.07) is -2.24. The van der Waals surface area contributed by atoms with Gasteiger partial charge in [-0.25, -0.2) is 4.79 Å². The number of carbonyl (C=O) groups is 1. The molecule has 0 aromatic carbocycles. The van der Waals surface area contributed by atoms with Crippen molar-refractivity contribution in [1.29, 1.82) is 0 Å². The van der Waals surface area contributed by atoms with Crippen molar-refractivity contribution in [2.75, 3.05) is 6.61 Å². The molecule has 0 saturated heterocycles. The van der Waals surface area contributed by atoms with Crippen molar-refractivity contribution in [3.8, 4) is 0 Å². The van der Waals surface area contributed by atoms with Crippen molar-refractivity contribution in [3.05, 3.63) is 0 Å². The molecule has 5 nitrogen and oxygen atoms in total. The van der Waals surface area contributed by atoms with Crippen LogP contribution in [-0.2, 0) is 4.74 Å². The van der Waals surface area contributed by atoms with E-state index in [4.69, 9.17) is 15.6 Å². The highest BCUT2D eigenvalue weighted by atomic mass is 19.4. The lowest BCUT2D eigenvalue weighted by molar-refractivity contribution is -0.166. The zero-order chi connectivity index (χ0) is 13.8. The number of halogens is 3. The fourth-order valence-corrected chi connectivity index (χ4v) is 2.05. The zero-order valence-electron chi connectivity index (χ0n) is 9.74. The second-order valence-corrected chi connectivity index (χ2v) is 4.35. The first-order valence-electron chi connectivity index (χ1n) is 5.72. The lowest BCUT2D eigenvalue weighted by atomic mass is 9.92. The number of aliphatic hydroxyl groups excluding tert-OH is 1. The Morgan fingerprint density at radius 1 is 1.39 bits per heavy atom. The lowest BCUT2D eigenvalue weighted by Gasteiger charge is -2.31. The van der Waals surface area contributed by atoms with Crippen molar-refractivity contribution >= 4 is 6.09 Å². The summed E-state index contributed by atoms with van der Waals surface area (Å²) in [5, 5.41) is 11.1. The molecule has 0 spiro atoms. The number of nitrogens with one attached hydrogen (secondary N) is 1. The molecule has 4 N–H and O–H groups in total. The average molecular weight is 270 g/mol. The van der Waals surface area contributed by atoms with Crippen LogP contribution >= 0.6 is 0 Å². The van der Waals surface area contributed by atoms with Gasteiger partial charge in [0.25, 0.3) is 0 Å². The number of carbonyl (C=O) groups excluding carboxylic acids is 1. The normalized spacial score (nSPS) is 26.7. The van der Waals surface area contributed by atoms with E-state index in [-0.39, 0.29) is 12.1 Å². The van der Waals surface area contributed by atoms with E-state index in [1.807, 2.05) is 0 Å². The van der Waals surface area contributed by atoms with Crippen LogP contribution in [0, 0.1) is 0 Å². The molecule has 1 amide bonds. The SMILES string of the molecule is NC(=O)OC1CCC(N[C@@H](CO)C(F)(F)F)CC1. The fourth-order valence-electron chi connectivity index (χ4n) is 2.05. The first kappa shape index (κ1) is 15.0. The Hall–Kier alpha value is -1.02. The van der Waals surface area contributed by atoms with Crippen LogP contribution < -0.4 is 11.1 Å². The Labute approximate surface area is 102 Å². The minimum Gasteiger partial charge on any atom is -0.446 e. The van der Waals surface area contributed by atoms with Gasteiger partial charge in [-0.15, -0.1) is 0 Å². The number of alkyl halides is 3. The molecule has 1 rings (SSSR count).